The fraction of sp³-hybridized carbons (Fsp3) is 0.600. The second-order valence-electron chi connectivity index (χ2n) is 2.91. The lowest BCUT2D eigenvalue weighted by molar-refractivity contribution is 1.10. The molecule has 0 unspecified atom stereocenters. The van der Waals surface area contributed by atoms with Crippen molar-refractivity contribution >= 4 is 11.8 Å². The summed E-state index contributed by atoms with van der Waals surface area (Å²) in [7, 11) is 0. The quantitative estimate of drug-likeness (QED) is 0.577. The Hall–Kier alpha value is -0.170. The first-order chi connectivity index (χ1) is 5.11. The van der Waals surface area contributed by atoms with E-state index >= 15 is 0 Å². The Morgan fingerprint density at radius 3 is 2.09 bits per heavy atom. The van der Waals surface area contributed by atoms with Gasteiger partial charge in [0.2, 0.25) is 0 Å². The van der Waals surface area contributed by atoms with E-state index in [9.17, 15) is 0 Å². The van der Waals surface area contributed by atoms with Crippen molar-refractivity contribution in [1.82, 2.24) is 0 Å². The van der Waals surface area contributed by atoms with E-state index in [0.29, 0.717) is 0 Å². The third-order valence-corrected chi connectivity index (χ3v) is 2.61. The molecule has 0 aliphatic carbocycles. The van der Waals surface area contributed by atoms with Crippen LogP contribution in [0.15, 0.2) is 22.1 Å². The summed E-state index contributed by atoms with van der Waals surface area (Å²) in [5.41, 5.74) is 2.86. The van der Waals surface area contributed by atoms with Crippen molar-refractivity contribution in [2.45, 2.75) is 34.1 Å². The molecule has 0 spiro atoms. The molecule has 0 aromatic heterocycles. The van der Waals surface area contributed by atoms with Gasteiger partial charge in [-0.25, -0.2) is 0 Å². The van der Waals surface area contributed by atoms with Crippen LogP contribution in [0.25, 0.3) is 0 Å². The Bertz CT molecular complexity index is 171. The molecular weight excluding hydrogens is 152 g/mol. The summed E-state index contributed by atoms with van der Waals surface area (Å²) in [6.45, 7) is 8.68. The van der Waals surface area contributed by atoms with Crippen LogP contribution in [0.1, 0.15) is 34.1 Å². The molecule has 0 saturated carbocycles. The second kappa shape index (κ2) is 5.48. The zero-order valence-electron chi connectivity index (χ0n) is 8.19. The summed E-state index contributed by atoms with van der Waals surface area (Å²) >= 11 is 1.82. The average molecular weight is 170 g/mol. The van der Waals surface area contributed by atoms with Crippen LogP contribution in [0.2, 0.25) is 0 Å². The summed E-state index contributed by atoms with van der Waals surface area (Å²) in [5, 5.41) is 0. The van der Waals surface area contributed by atoms with Crippen LogP contribution in [0.3, 0.4) is 0 Å². The third-order valence-electron chi connectivity index (χ3n) is 1.65. The van der Waals surface area contributed by atoms with Crippen LogP contribution in [0, 0.1) is 0 Å². The molecule has 0 aliphatic rings. The van der Waals surface area contributed by atoms with Crippen molar-refractivity contribution < 1.29 is 0 Å². The highest BCUT2D eigenvalue weighted by Gasteiger charge is 1.93. The van der Waals surface area contributed by atoms with Gasteiger partial charge in [-0.1, -0.05) is 18.1 Å². The molecular formula is C10H18S. The van der Waals surface area contributed by atoms with Crippen molar-refractivity contribution in [1.29, 1.82) is 0 Å². The van der Waals surface area contributed by atoms with E-state index in [1.165, 1.54) is 16.1 Å². The van der Waals surface area contributed by atoms with Gasteiger partial charge in [0.05, 0.1) is 0 Å². The summed E-state index contributed by atoms with van der Waals surface area (Å²) < 4.78 is 0. The van der Waals surface area contributed by atoms with Crippen molar-refractivity contribution in [2.75, 3.05) is 6.26 Å². The summed E-state index contributed by atoms with van der Waals surface area (Å²) in [6, 6.07) is 0. The first kappa shape index (κ1) is 10.8. The van der Waals surface area contributed by atoms with Gasteiger partial charge in [-0.2, -0.15) is 0 Å². The maximum absolute atomic E-state index is 2.28. The van der Waals surface area contributed by atoms with E-state index in [1.807, 2.05) is 11.8 Å². The van der Waals surface area contributed by atoms with E-state index in [2.05, 4.69) is 40.0 Å². The van der Waals surface area contributed by atoms with Gasteiger partial charge in [0.15, 0.2) is 0 Å². The van der Waals surface area contributed by atoms with E-state index in [-0.39, 0.29) is 0 Å². The molecule has 0 amide bonds. The fourth-order valence-electron chi connectivity index (χ4n) is 0.733. The molecule has 0 aromatic carbocycles. The molecule has 0 fully saturated rings. The largest absolute Gasteiger partial charge is 0.130 e. The highest BCUT2D eigenvalue weighted by atomic mass is 32.2. The van der Waals surface area contributed by atoms with E-state index in [1.54, 1.807) is 0 Å². The number of hydrogen-bond donors (Lipinski definition) is 0. The molecule has 64 valence electrons. The van der Waals surface area contributed by atoms with E-state index in [4.69, 9.17) is 0 Å². The maximum atomic E-state index is 2.28. The average Bonchev–Trinajstić information content (AvgIpc) is 1.99. The SMILES string of the molecule is CC/C(C)=C\C(SC)=C(C)C. The molecule has 1 heteroatoms. The summed E-state index contributed by atoms with van der Waals surface area (Å²) in [5.74, 6) is 0. The zero-order chi connectivity index (χ0) is 8.85. The van der Waals surface area contributed by atoms with E-state index in [0.717, 1.165) is 6.42 Å². The smallest absolute Gasteiger partial charge is 0.00550 e. The lowest BCUT2D eigenvalue weighted by atomic mass is 10.2. The minimum atomic E-state index is 1.15. The molecule has 0 atom stereocenters. The third kappa shape index (κ3) is 4.31. The highest BCUT2D eigenvalue weighted by molar-refractivity contribution is 8.02. The van der Waals surface area contributed by atoms with E-state index < -0.39 is 0 Å². The first-order valence-electron chi connectivity index (χ1n) is 4.00. The molecule has 0 bridgehead atoms. The monoisotopic (exact) mass is 170 g/mol. The van der Waals surface area contributed by atoms with Crippen LogP contribution in [0.5, 0.6) is 0 Å². The Kier molecular flexibility index (Phi) is 5.39. The summed E-state index contributed by atoms with van der Waals surface area (Å²) in [4.78, 5) is 1.41. The standard InChI is InChI=1S/C10H18S/c1-6-9(4)7-10(11-5)8(2)3/h7H,6H2,1-5H3/b9-7-. The second-order valence-corrected chi connectivity index (χ2v) is 3.76. The lowest BCUT2D eigenvalue weighted by Gasteiger charge is -2.01. The highest BCUT2D eigenvalue weighted by Crippen LogP contribution is 2.20. The molecule has 0 N–H and O–H groups in total. The van der Waals surface area contributed by atoms with Crippen LogP contribution in [0.4, 0.5) is 0 Å². The minimum Gasteiger partial charge on any atom is -0.130 e. The minimum absolute atomic E-state index is 1.15. The van der Waals surface area contributed by atoms with Crippen LogP contribution < -0.4 is 0 Å². The predicted octanol–water partition coefficient (Wildman–Crippen LogP) is 4.00. The van der Waals surface area contributed by atoms with Crippen LogP contribution >= 0.6 is 11.8 Å². The van der Waals surface area contributed by atoms with Gasteiger partial charge < -0.3 is 0 Å². The van der Waals surface area contributed by atoms with Crippen LogP contribution in [-0.2, 0) is 0 Å². The number of hydrogen-bond acceptors (Lipinski definition) is 1. The van der Waals surface area contributed by atoms with Crippen LogP contribution in [-0.4, -0.2) is 6.26 Å². The van der Waals surface area contributed by atoms with Gasteiger partial charge in [-0.15, -0.1) is 11.8 Å². The first-order valence-corrected chi connectivity index (χ1v) is 5.23. The van der Waals surface area contributed by atoms with Gasteiger partial charge >= 0.3 is 0 Å². The van der Waals surface area contributed by atoms with Gasteiger partial charge in [0, 0.05) is 4.91 Å². The van der Waals surface area contributed by atoms with Gasteiger partial charge in [0.25, 0.3) is 0 Å². The zero-order valence-corrected chi connectivity index (χ0v) is 9.01. The van der Waals surface area contributed by atoms with Gasteiger partial charge in [-0.3, -0.25) is 0 Å². The van der Waals surface area contributed by atoms with Gasteiger partial charge in [0.1, 0.15) is 0 Å². The fourth-order valence-corrected chi connectivity index (χ4v) is 1.46. The molecule has 0 aromatic rings. The molecule has 0 rings (SSSR count). The molecule has 0 nitrogen and oxygen atoms in total. The van der Waals surface area contributed by atoms with Crippen molar-refractivity contribution in [2.24, 2.45) is 0 Å². The van der Waals surface area contributed by atoms with Crippen molar-refractivity contribution in [3.8, 4) is 0 Å². The van der Waals surface area contributed by atoms with Crippen molar-refractivity contribution in [3.63, 3.8) is 0 Å². The van der Waals surface area contributed by atoms with Crippen molar-refractivity contribution in [3.05, 3.63) is 22.1 Å². The Morgan fingerprint density at radius 2 is 1.82 bits per heavy atom. The topological polar surface area (TPSA) is 0 Å². The molecule has 0 aliphatic heterocycles. The summed E-state index contributed by atoms with van der Waals surface area (Å²) in [6.07, 6.45) is 5.55. The normalized spacial score (nSPS) is 11.5. The molecule has 11 heavy (non-hydrogen) atoms. The number of allylic oxidation sites excluding steroid dienone is 3. The number of rotatable bonds is 3. The number of thioether (sulfide) groups is 1. The molecule has 0 radical (unpaired) electrons. The Morgan fingerprint density at radius 1 is 1.27 bits per heavy atom. The Labute approximate surface area is 74.8 Å². The molecule has 0 heterocycles. The lowest BCUT2D eigenvalue weighted by Crippen LogP contribution is -1.78. The Balaban J connectivity index is 4.44. The maximum Gasteiger partial charge on any atom is 0.00550 e. The predicted molar refractivity (Wildman–Crippen MR) is 55.9 cm³/mol. The van der Waals surface area contributed by atoms with Gasteiger partial charge in [-0.05, 0) is 39.5 Å². The molecule has 0 saturated heterocycles.